The van der Waals surface area contributed by atoms with Crippen LogP contribution < -0.4 is 10.1 Å². The smallest absolute Gasteiger partial charge is 0.125 e. The van der Waals surface area contributed by atoms with Gasteiger partial charge >= 0.3 is 0 Å². The molecule has 0 aliphatic rings. The molecule has 0 saturated carbocycles. The molecule has 106 valence electrons. The van der Waals surface area contributed by atoms with Crippen molar-refractivity contribution in [2.45, 2.75) is 53.1 Å². The second kappa shape index (κ2) is 8.00. The highest BCUT2D eigenvalue weighted by Gasteiger charge is 2.06. The Kier molecular flexibility index (Phi) is 6.65. The summed E-state index contributed by atoms with van der Waals surface area (Å²) in [6.07, 6.45) is 3.97. The summed E-state index contributed by atoms with van der Waals surface area (Å²) in [5.74, 6) is 1.04. The summed E-state index contributed by atoms with van der Waals surface area (Å²) in [6.45, 7) is 14.0. The molecule has 0 radical (unpaired) electrons. The highest BCUT2D eigenvalue weighted by molar-refractivity contribution is 5.43. The molecule has 0 spiro atoms. The molecule has 0 aliphatic carbocycles. The van der Waals surface area contributed by atoms with Gasteiger partial charge in [-0.3, -0.25) is 0 Å². The number of hydrogen-bond acceptors (Lipinski definition) is 2. The Bertz CT molecular complexity index is 387. The molecule has 1 aromatic carbocycles. The Morgan fingerprint density at radius 1 is 1.26 bits per heavy atom. The molecular weight excluding hydrogens is 234 g/mol. The van der Waals surface area contributed by atoms with Gasteiger partial charge in [0.05, 0.1) is 6.61 Å². The lowest BCUT2D eigenvalue weighted by Crippen LogP contribution is -2.21. The van der Waals surface area contributed by atoms with Crippen molar-refractivity contribution in [1.29, 1.82) is 0 Å². The van der Waals surface area contributed by atoms with Crippen molar-refractivity contribution in [2.75, 3.05) is 6.61 Å². The maximum atomic E-state index is 5.88. The van der Waals surface area contributed by atoms with Gasteiger partial charge < -0.3 is 10.1 Å². The molecule has 19 heavy (non-hydrogen) atoms. The number of benzene rings is 1. The Morgan fingerprint density at radius 3 is 2.42 bits per heavy atom. The van der Waals surface area contributed by atoms with Gasteiger partial charge in [-0.15, -0.1) is 6.58 Å². The lowest BCUT2D eigenvalue weighted by Gasteiger charge is -2.15. The van der Waals surface area contributed by atoms with Gasteiger partial charge in [-0.25, -0.2) is 0 Å². The fraction of sp³-hybridized carbons (Fsp3) is 0.529. The van der Waals surface area contributed by atoms with E-state index in [1.807, 2.05) is 6.08 Å². The van der Waals surface area contributed by atoms with Crippen LogP contribution in [0.25, 0.3) is 0 Å². The lowest BCUT2D eigenvalue weighted by atomic mass is 10.1. The quantitative estimate of drug-likeness (QED) is 0.561. The average Bonchev–Trinajstić information content (AvgIpc) is 2.34. The van der Waals surface area contributed by atoms with Crippen LogP contribution >= 0.6 is 0 Å². The first-order valence-electron chi connectivity index (χ1n) is 7.11. The third kappa shape index (κ3) is 5.48. The minimum absolute atomic E-state index is 0.510. The van der Waals surface area contributed by atoms with Gasteiger partial charge in [0, 0.05) is 12.6 Å². The van der Waals surface area contributed by atoms with Crippen LogP contribution in [0.1, 0.15) is 43.4 Å². The van der Waals surface area contributed by atoms with Crippen LogP contribution in [-0.2, 0) is 6.54 Å². The van der Waals surface area contributed by atoms with Gasteiger partial charge in [0.2, 0.25) is 0 Å². The van der Waals surface area contributed by atoms with E-state index in [1.165, 1.54) is 16.7 Å². The molecule has 1 rings (SSSR count). The van der Waals surface area contributed by atoms with Crippen LogP contribution in [-0.4, -0.2) is 12.6 Å². The summed E-state index contributed by atoms with van der Waals surface area (Å²) >= 11 is 0. The topological polar surface area (TPSA) is 21.3 Å². The number of rotatable bonds is 8. The second-order valence-electron chi connectivity index (χ2n) is 5.37. The van der Waals surface area contributed by atoms with Crippen molar-refractivity contribution in [2.24, 2.45) is 0 Å². The minimum Gasteiger partial charge on any atom is -0.493 e. The lowest BCUT2D eigenvalue weighted by molar-refractivity contribution is 0.308. The summed E-state index contributed by atoms with van der Waals surface area (Å²) < 4.78 is 5.88. The third-order valence-corrected chi connectivity index (χ3v) is 3.03. The molecule has 0 amide bonds. The van der Waals surface area contributed by atoms with Crippen LogP contribution in [0.2, 0.25) is 0 Å². The number of nitrogens with one attached hydrogen (secondary N) is 1. The van der Waals surface area contributed by atoms with Gasteiger partial charge in [0.15, 0.2) is 0 Å². The highest BCUT2D eigenvalue weighted by Crippen LogP contribution is 2.25. The first-order valence-corrected chi connectivity index (χ1v) is 7.11. The zero-order valence-corrected chi connectivity index (χ0v) is 12.8. The van der Waals surface area contributed by atoms with Crippen LogP contribution in [0.3, 0.4) is 0 Å². The molecular formula is C17H27NO. The van der Waals surface area contributed by atoms with Crippen molar-refractivity contribution >= 4 is 0 Å². The standard InChI is InChI=1S/C17H27NO/c1-6-7-8-9-19-17-14(4)10-16(11-15(17)5)12-18-13(2)3/h6,10-11,13,18H,1,7-9,12H2,2-5H3. The van der Waals surface area contributed by atoms with E-state index >= 15 is 0 Å². The second-order valence-corrected chi connectivity index (χ2v) is 5.37. The summed E-state index contributed by atoms with van der Waals surface area (Å²) in [5.41, 5.74) is 3.76. The van der Waals surface area contributed by atoms with Gasteiger partial charge in [-0.2, -0.15) is 0 Å². The number of hydrogen-bond donors (Lipinski definition) is 1. The molecule has 0 saturated heterocycles. The van der Waals surface area contributed by atoms with E-state index in [1.54, 1.807) is 0 Å². The normalized spacial score (nSPS) is 10.8. The Hall–Kier alpha value is -1.28. The van der Waals surface area contributed by atoms with E-state index < -0.39 is 0 Å². The van der Waals surface area contributed by atoms with E-state index in [4.69, 9.17) is 4.74 Å². The maximum Gasteiger partial charge on any atom is 0.125 e. The Morgan fingerprint density at radius 2 is 1.89 bits per heavy atom. The number of aryl methyl sites for hydroxylation is 2. The molecule has 0 heterocycles. The molecule has 2 nitrogen and oxygen atoms in total. The fourth-order valence-electron chi connectivity index (χ4n) is 2.09. The zero-order chi connectivity index (χ0) is 14.3. The summed E-state index contributed by atoms with van der Waals surface area (Å²) in [5, 5.41) is 3.44. The molecule has 0 bridgehead atoms. The largest absolute Gasteiger partial charge is 0.493 e. The summed E-state index contributed by atoms with van der Waals surface area (Å²) in [7, 11) is 0. The predicted octanol–water partition coefficient (Wildman–Crippen LogP) is 4.15. The van der Waals surface area contributed by atoms with E-state index in [0.29, 0.717) is 6.04 Å². The molecule has 0 unspecified atom stereocenters. The van der Waals surface area contributed by atoms with Crippen LogP contribution in [0.4, 0.5) is 0 Å². The first-order chi connectivity index (χ1) is 9.04. The fourth-order valence-corrected chi connectivity index (χ4v) is 2.09. The first kappa shape index (κ1) is 15.8. The number of ether oxygens (including phenoxy) is 1. The molecule has 0 atom stereocenters. The van der Waals surface area contributed by atoms with Gasteiger partial charge in [0.25, 0.3) is 0 Å². The third-order valence-electron chi connectivity index (χ3n) is 3.03. The highest BCUT2D eigenvalue weighted by atomic mass is 16.5. The molecule has 0 aliphatic heterocycles. The summed E-state index contributed by atoms with van der Waals surface area (Å²) in [4.78, 5) is 0. The van der Waals surface area contributed by atoms with E-state index in [0.717, 1.165) is 31.7 Å². The number of unbranched alkanes of at least 4 members (excludes halogenated alkanes) is 1. The van der Waals surface area contributed by atoms with E-state index in [2.05, 4.69) is 51.7 Å². The van der Waals surface area contributed by atoms with Crippen molar-refractivity contribution in [1.82, 2.24) is 5.32 Å². The van der Waals surface area contributed by atoms with Crippen molar-refractivity contribution in [3.05, 3.63) is 41.5 Å². The molecule has 0 aromatic heterocycles. The van der Waals surface area contributed by atoms with Crippen molar-refractivity contribution in [3.8, 4) is 5.75 Å². The maximum absolute atomic E-state index is 5.88. The molecule has 0 fully saturated rings. The van der Waals surface area contributed by atoms with Crippen LogP contribution in [0.15, 0.2) is 24.8 Å². The Balaban J connectivity index is 2.65. The van der Waals surface area contributed by atoms with Crippen molar-refractivity contribution < 1.29 is 4.74 Å². The minimum atomic E-state index is 0.510. The number of allylic oxidation sites excluding steroid dienone is 1. The Labute approximate surface area is 117 Å². The van der Waals surface area contributed by atoms with Crippen LogP contribution in [0, 0.1) is 13.8 Å². The molecule has 1 N–H and O–H groups in total. The van der Waals surface area contributed by atoms with E-state index in [9.17, 15) is 0 Å². The monoisotopic (exact) mass is 261 g/mol. The average molecular weight is 261 g/mol. The molecule has 1 aromatic rings. The molecule has 2 heteroatoms. The van der Waals surface area contributed by atoms with Crippen molar-refractivity contribution in [3.63, 3.8) is 0 Å². The van der Waals surface area contributed by atoms with Gasteiger partial charge in [-0.05, 0) is 43.4 Å². The zero-order valence-electron chi connectivity index (χ0n) is 12.8. The SMILES string of the molecule is C=CCCCOc1c(C)cc(CNC(C)C)cc1C. The van der Waals surface area contributed by atoms with Crippen LogP contribution in [0.5, 0.6) is 5.75 Å². The summed E-state index contributed by atoms with van der Waals surface area (Å²) in [6, 6.07) is 4.94. The predicted molar refractivity (Wildman–Crippen MR) is 82.8 cm³/mol. The van der Waals surface area contributed by atoms with Gasteiger partial charge in [0.1, 0.15) is 5.75 Å². The van der Waals surface area contributed by atoms with Gasteiger partial charge in [-0.1, -0.05) is 32.1 Å². The van der Waals surface area contributed by atoms with E-state index in [-0.39, 0.29) is 0 Å².